The average Bonchev–Trinajstić information content (AvgIpc) is 2.75. The molecule has 0 fully saturated rings. The number of anilines is 1. The highest BCUT2D eigenvalue weighted by Crippen LogP contribution is 2.28. The Morgan fingerprint density at radius 2 is 1.71 bits per heavy atom. The summed E-state index contributed by atoms with van der Waals surface area (Å²) in [7, 11) is 1.34. The van der Waals surface area contributed by atoms with Gasteiger partial charge in [0.1, 0.15) is 5.75 Å². The highest BCUT2D eigenvalue weighted by atomic mass is 32.2. The average molecular weight is 451 g/mol. The van der Waals surface area contributed by atoms with E-state index in [2.05, 4.69) is 5.32 Å². The van der Waals surface area contributed by atoms with Gasteiger partial charge in [0.25, 0.3) is 5.91 Å². The molecule has 9 heteroatoms. The van der Waals surface area contributed by atoms with Crippen LogP contribution in [0.5, 0.6) is 17.2 Å². The first-order chi connectivity index (χ1) is 14.7. The van der Waals surface area contributed by atoms with Gasteiger partial charge in [0.2, 0.25) is 10.0 Å². The number of carbonyl (C=O) groups is 1. The molecular formula is C22H30N2O6S. The van der Waals surface area contributed by atoms with Gasteiger partial charge in [-0.15, -0.1) is 0 Å². The van der Waals surface area contributed by atoms with Crippen LogP contribution in [-0.2, 0) is 21.2 Å². The Bertz CT molecular complexity index is 976. The summed E-state index contributed by atoms with van der Waals surface area (Å²) in [6.07, 6.45) is 2.00. The molecule has 1 N–H and O–H groups in total. The number of hydrogen-bond donors (Lipinski definition) is 1. The number of methoxy groups -OCH3 is 2. The van der Waals surface area contributed by atoms with Gasteiger partial charge in [0.15, 0.2) is 17.6 Å². The minimum absolute atomic E-state index is 0.218. The monoisotopic (exact) mass is 450 g/mol. The Kier molecular flexibility index (Phi) is 8.56. The molecular weight excluding hydrogens is 420 g/mol. The minimum Gasteiger partial charge on any atom is -0.493 e. The zero-order valence-electron chi connectivity index (χ0n) is 18.5. The Morgan fingerprint density at radius 1 is 1.06 bits per heavy atom. The first-order valence-corrected chi connectivity index (χ1v) is 11.7. The fourth-order valence-corrected chi connectivity index (χ4v) is 3.37. The third-order valence-electron chi connectivity index (χ3n) is 4.77. The van der Waals surface area contributed by atoms with E-state index in [1.807, 2.05) is 18.2 Å². The van der Waals surface area contributed by atoms with Crippen molar-refractivity contribution in [3.63, 3.8) is 0 Å². The summed E-state index contributed by atoms with van der Waals surface area (Å²) in [5.41, 5.74) is 1.61. The molecule has 1 amide bonds. The van der Waals surface area contributed by atoms with Crippen molar-refractivity contribution in [1.82, 2.24) is 5.32 Å². The first kappa shape index (κ1) is 24.3. The van der Waals surface area contributed by atoms with Crippen LogP contribution in [0, 0.1) is 0 Å². The zero-order chi connectivity index (χ0) is 23.0. The van der Waals surface area contributed by atoms with Gasteiger partial charge in [-0.25, -0.2) is 8.42 Å². The van der Waals surface area contributed by atoms with E-state index < -0.39 is 16.1 Å². The SMILES string of the molecule is COc1ccc(CCCNC(=O)C(C)Oc2ccc(N(C)S(C)(=O)=O)cc2)cc1OC. The van der Waals surface area contributed by atoms with Crippen LogP contribution in [0.15, 0.2) is 42.5 Å². The molecule has 0 bridgehead atoms. The van der Waals surface area contributed by atoms with E-state index in [1.165, 1.54) is 11.4 Å². The molecule has 2 aromatic rings. The van der Waals surface area contributed by atoms with E-state index in [4.69, 9.17) is 14.2 Å². The van der Waals surface area contributed by atoms with Crippen molar-refractivity contribution in [2.45, 2.75) is 25.9 Å². The maximum absolute atomic E-state index is 12.3. The molecule has 0 aromatic heterocycles. The van der Waals surface area contributed by atoms with Gasteiger partial charge in [-0.3, -0.25) is 9.10 Å². The quantitative estimate of drug-likeness (QED) is 0.529. The molecule has 0 radical (unpaired) electrons. The standard InChI is InChI=1S/C22H30N2O6S/c1-16(30-19-11-9-18(10-12-19)24(2)31(5,26)27)22(25)23-14-6-7-17-8-13-20(28-3)21(15-17)29-4/h8-13,15-16H,6-7,14H2,1-5H3,(H,23,25). The van der Waals surface area contributed by atoms with Gasteiger partial charge in [-0.1, -0.05) is 6.07 Å². The first-order valence-electron chi connectivity index (χ1n) is 9.85. The molecule has 0 heterocycles. The van der Waals surface area contributed by atoms with Crippen LogP contribution >= 0.6 is 0 Å². The van der Waals surface area contributed by atoms with Crippen molar-refractivity contribution >= 4 is 21.6 Å². The second-order valence-corrected chi connectivity index (χ2v) is 9.08. The smallest absolute Gasteiger partial charge is 0.260 e. The topological polar surface area (TPSA) is 94.2 Å². The predicted octanol–water partition coefficient (Wildman–Crippen LogP) is 2.62. The van der Waals surface area contributed by atoms with Gasteiger partial charge in [-0.2, -0.15) is 0 Å². The number of rotatable bonds is 11. The van der Waals surface area contributed by atoms with E-state index in [9.17, 15) is 13.2 Å². The second kappa shape index (κ2) is 10.9. The van der Waals surface area contributed by atoms with Crippen LogP contribution in [0.3, 0.4) is 0 Å². The lowest BCUT2D eigenvalue weighted by Crippen LogP contribution is -2.36. The molecule has 8 nitrogen and oxygen atoms in total. The normalized spacial score (nSPS) is 12.0. The molecule has 31 heavy (non-hydrogen) atoms. The summed E-state index contributed by atoms with van der Waals surface area (Å²) in [6, 6.07) is 12.3. The molecule has 2 rings (SSSR count). The highest BCUT2D eigenvalue weighted by Gasteiger charge is 2.15. The molecule has 0 spiro atoms. The van der Waals surface area contributed by atoms with E-state index in [1.54, 1.807) is 45.4 Å². The molecule has 2 aromatic carbocycles. The summed E-state index contributed by atoms with van der Waals surface area (Å²) >= 11 is 0. The Labute approximate surface area is 184 Å². The van der Waals surface area contributed by atoms with E-state index in [-0.39, 0.29) is 5.91 Å². The third-order valence-corrected chi connectivity index (χ3v) is 5.98. The van der Waals surface area contributed by atoms with Crippen LogP contribution in [0.25, 0.3) is 0 Å². The van der Waals surface area contributed by atoms with Crippen molar-refractivity contribution in [2.75, 3.05) is 38.4 Å². The number of aryl methyl sites for hydroxylation is 1. The van der Waals surface area contributed by atoms with Crippen LogP contribution in [-0.4, -0.2) is 54.5 Å². The molecule has 1 atom stereocenters. The number of hydrogen-bond acceptors (Lipinski definition) is 6. The molecule has 0 aliphatic heterocycles. The lowest BCUT2D eigenvalue weighted by atomic mass is 10.1. The highest BCUT2D eigenvalue weighted by molar-refractivity contribution is 7.92. The molecule has 170 valence electrons. The summed E-state index contributed by atoms with van der Waals surface area (Å²) in [4.78, 5) is 12.3. The molecule has 0 saturated heterocycles. The molecule has 1 unspecified atom stereocenters. The van der Waals surface area contributed by atoms with Gasteiger partial charge in [0, 0.05) is 13.6 Å². The summed E-state index contributed by atoms with van der Waals surface area (Å²) in [6.45, 7) is 2.18. The van der Waals surface area contributed by atoms with Crippen molar-refractivity contribution < 1.29 is 27.4 Å². The van der Waals surface area contributed by atoms with Crippen LogP contribution in [0.4, 0.5) is 5.69 Å². The van der Waals surface area contributed by atoms with E-state index in [0.29, 0.717) is 29.5 Å². The minimum atomic E-state index is -3.33. The van der Waals surface area contributed by atoms with Crippen molar-refractivity contribution in [3.05, 3.63) is 48.0 Å². The largest absolute Gasteiger partial charge is 0.493 e. The number of benzene rings is 2. The van der Waals surface area contributed by atoms with Gasteiger partial charge in [-0.05, 0) is 61.7 Å². The van der Waals surface area contributed by atoms with Crippen LogP contribution < -0.4 is 23.8 Å². The molecule has 0 saturated carbocycles. The van der Waals surface area contributed by atoms with Gasteiger partial charge >= 0.3 is 0 Å². The van der Waals surface area contributed by atoms with E-state index in [0.717, 1.165) is 24.7 Å². The third kappa shape index (κ3) is 7.06. The van der Waals surface area contributed by atoms with E-state index >= 15 is 0 Å². The lowest BCUT2D eigenvalue weighted by molar-refractivity contribution is -0.127. The number of nitrogens with one attached hydrogen (secondary N) is 1. The molecule has 0 aliphatic rings. The van der Waals surface area contributed by atoms with Crippen LogP contribution in [0.2, 0.25) is 0 Å². The van der Waals surface area contributed by atoms with Crippen molar-refractivity contribution in [2.24, 2.45) is 0 Å². The summed E-state index contributed by atoms with van der Waals surface area (Å²) in [5.74, 6) is 1.63. The Morgan fingerprint density at radius 3 is 2.29 bits per heavy atom. The predicted molar refractivity (Wildman–Crippen MR) is 121 cm³/mol. The lowest BCUT2D eigenvalue weighted by Gasteiger charge is -2.18. The zero-order valence-corrected chi connectivity index (χ0v) is 19.4. The maximum Gasteiger partial charge on any atom is 0.260 e. The van der Waals surface area contributed by atoms with Gasteiger partial charge in [0.05, 0.1) is 26.2 Å². The fourth-order valence-electron chi connectivity index (χ4n) is 2.87. The number of carbonyl (C=O) groups excluding carboxylic acids is 1. The number of nitrogens with zero attached hydrogens (tertiary/aromatic N) is 1. The Hall–Kier alpha value is -2.94. The summed E-state index contributed by atoms with van der Waals surface area (Å²) in [5, 5.41) is 2.87. The number of amides is 1. The van der Waals surface area contributed by atoms with Crippen molar-refractivity contribution in [1.29, 1.82) is 0 Å². The Balaban J connectivity index is 1.80. The molecule has 0 aliphatic carbocycles. The van der Waals surface area contributed by atoms with Crippen molar-refractivity contribution in [3.8, 4) is 17.2 Å². The second-order valence-electron chi connectivity index (χ2n) is 7.07. The van der Waals surface area contributed by atoms with Gasteiger partial charge < -0.3 is 19.5 Å². The number of sulfonamides is 1. The fraction of sp³-hybridized carbons (Fsp3) is 0.409. The number of ether oxygens (including phenoxy) is 3. The maximum atomic E-state index is 12.3. The van der Waals surface area contributed by atoms with Crippen LogP contribution in [0.1, 0.15) is 18.9 Å². The summed E-state index contributed by atoms with van der Waals surface area (Å²) < 4.78 is 40.5.